The van der Waals surface area contributed by atoms with Crippen LogP contribution in [0.1, 0.15) is 11.1 Å². The molecule has 0 unspecified atom stereocenters. The second-order valence-electron chi connectivity index (χ2n) is 7.35. The number of hydrogen-bond acceptors (Lipinski definition) is 7. The van der Waals surface area contributed by atoms with Crippen LogP contribution < -0.4 is 10.6 Å². The first-order chi connectivity index (χ1) is 16.3. The van der Waals surface area contributed by atoms with E-state index in [9.17, 15) is 4.79 Å². The maximum Gasteiger partial charge on any atom is 0.224 e. The normalized spacial score (nSPS) is 10.8. The number of para-hydroxylation sites is 1. The van der Waals surface area contributed by atoms with E-state index in [0.717, 1.165) is 22.0 Å². The number of fused-ring (bicyclic) bond motifs is 1. The number of carbonyl (C=O) groups excluding carboxylic acids is 1. The molecule has 0 radical (unpaired) electrons. The highest BCUT2D eigenvalue weighted by Gasteiger charge is 2.14. The Balaban J connectivity index is 1.35. The molecule has 1 amide bonds. The highest BCUT2D eigenvalue weighted by molar-refractivity contribution is 5.90. The van der Waals surface area contributed by atoms with E-state index in [0.29, 0.717) is 24.0 Å². The number of benzene rings is 1. The first-order valence-corrected chi connectivity index (χ1v) is 10.4. The SMILES string of the molecule is O=C(Cc1cn(-c2ccc(Nc3ccncn3)nn2)c2ccccc12)NCc1cccnc1. The first kappa shape index (κ1) is 20.3. The fraction of sp³-hybridized carbons (Fsp3) is 0.0833. The van der Waals surface area contributed by atoms with Crippen LogP contribution >= 0.6 is 0 Å². The summed E-state index contributed by atoms with van der Waals surface area (Å²) in [6.45, 7) is 0.442. The molecule has 0 bridgehead atoms. The van der Waals surface area contributed by atoms with Crippen molar-refractivity contribution in [2.45, 2.75) is 13.0 Å². The van der Waals surface area contributed by atoms with Crippen molar-refractivity contribution in [3.8, 4) is 5.82 Å². The Morgan fingerprint density at radius 3 is 2.64 bits per heavy atom. The minimum Gasteiger partial charge on any atom is -0.352 e. The molecule has 0 saturated heterocycles. The van der Waals surface area contributed by atoms with Gasteiger partial charge in [-0.15, -0.1) is 10.2 Å². The van der Waals surface area contributed by atoms with Gasteiger partial charge in [-0.2, -0.15) is 0 Å². The second-order valence-corrected chi connectivity index (χ2v) is 7.35. The molecule has 9 heteroatoms. The topological polar surface area (TPSA) is 111 Å². The van der Waals surface area contributed by atoms with Crippen molar-refractivity contribution in [3.63, 3.8) is 0 Å². The van der Waals surface area contributed by atoms with E-state index < -0.39 is 0 Å². The molecule has 5 rings (SSSR count). The van der Waals surface area contributed by atoms with Gasteiger partial charge in [0.1, 0.15) is 12.1 Å². The molecule has 33 heavy (non-hydrogen) atoms. The van der Waals surface area contributed by atoms with Crippen molar-refractivity contribution in [1.29, 1.82) is 0 Å². The fourth-order valence-electron chi connectivity index (χ4n) is 3.54. The van der Waals surface area contributed by atoms with E-state index in [-0.39, 0.29) is 12.3 Å². The zero-order valence-corrected chi connectivity index (χ0v) is 17.6. The Bertz CT molecular complexity index is 1370. The molecule has 162 valence electrons. The van der Waals surface area contributed by atoms with Gasteiger partial charge in [-0.25, -0.2) is 9.97 Å². The molecule has 0 saturated carbocycles. The van der Waals surface area contributed by atoms with Crippen molar-refractivity contribution in [3.05, 3.63) is 96.8 Å². The molecule has 0 aliphatic heterocycles. The molecule has 4 heterocycles. The number of pyridine rings is 1. The van der Waals surface area contributed by atoms with Crippen LogP contribution in [0.15, 0.2) is 85.7 Å². The maximum atomic E-state index is 12.6. The molecule has 0 atom stereocenters. The molecule has 5 aromatic rings. The highest BCUT2D eigenvalue weighted by Crippen LogP contribution is 2.25. The third kappa shape index (κ3) is 4.67. The van der Waals surface area contributed by atoms with E-state index in [1.54, 1.807) is 24.7 Å². The van der Waals surface area contributed by atoms with E-state index in [2.05, 4.69) is 35.8 Å². The van der Waals surface area contributed by atoms with Gasteiger partial charge in [0.2, 0.25) is 5.91 Å². The zero-order valence-electron chi connectivity index (χ0n) is 17.6. The number of nitrogens with zero attached hydrogens (tertiary/aromatic N) is 6. The number of hydrogen-bond donors (Lipinski definition) is 2. The van der Waals surface area contributed by atoms with Gasteiger partial charge in [0.05, 0.1) is 11.9 Å². The summed E-state index contributed by atoms with van der Waals surface area (Å²) in [5.74, 6) is 1.81. The molecule has 4 aromatic heterocycles. The van der Waals surface area contributed by atoms with Crippen molar-refractivity contribution in [2.75, 3.05) is 5.32 Å². The summed E-state index contributed by atoms with van der Waals surface area (Å²) in [6.07, 6.45) is 8.77. The third-order valence-electron chi connectivity index (χ3n) is 5.09. The molecule has 0 aliphatic carbocycles. The van der Waals surface area contributed by atoms with Gasteiger partial charge in [0, 0.05) is 36.7 Å². The monoisotopic (exact) mass is 436 g/mol. The Morgan fingerprint density at radius 1 is 0.909 bits per heavy atom. The molecular formula is C24H20N8O. The van der Waals surface area contributed by atoms with Crippen molar-refractivity contribution in [2.24, 2.45) is 0 Å². The first-order valence-electron chi connectivity index (χ1n) is 10.4. The summed E-state index contributed by atoms with van der Waals surface area (Å²) < 4.78 is 1.94. The highest BCUT2D eigenvalue weighted by atomic mass is 16.1. The Labute approximate surface area is 189 Å². The number of carbonyl (C=O) groups is 1. The average molecular weight is 436 g/mol. The van der Waals surface area contributed by atoms with Gasteiger partial charge < -0.3 is 10.6 Å². The molecular weight excluding hydrogens is 416 g/mol. The van der Waals surface area contributed by atoms with E-state index in [1.807, 2.05) is 59.3 Å². The van der Waals surface area contributed by atoms with Crippen LogP contribution in [0.5, 0.6) is 0 Å². The van der Waals surface area contributed by atoms with Crippen LogP contribution in [0.4, 0.5) is 11.6 Å². The summed E-state index contributed by atoms with van der Waals surface area (Å²) in [5.41, 5.74) is 2.83. The zero-order chi connectivity index (χ0) is 22.5. The van der Waals surface area contributed by atoms with E-state index in [4.69, 9.17) is 0 Å². The van der Waals surface area contributed by atoms with Crippen LogP contribution in [0.3, 0.4) is 0 Å². The average Bonchev–Trinajstić information content (AvgIpc) is 3.23. The largest absolute Gasteiger partial charge is 0.352 e. The number of rotatable bonds is 7. The predicted octanol–water partition coefficient (Wildman–Crippen LogP) is 3.21. The van der Waals surface area contributed by atoms with Crippen LogP contribution in [0.25, 0.3) is 16.7 Å². The molecule has 1 aromatic carbocycles. The minimum atomic E-state index is -0.0581. The number of nitrogens with one attached hydrogen (secondary N) is 2. The quantitative estimate of drug-likeness (QED) is 0.403. The summed E-state index contributed by atoms with van der Waals surface area (Å²) in [5, 5.41) is 15.7. The van der Waals surface area contributed by atoms with Gasteiger partial charge in [-0.1, -0.05) is 24.3 Å². The molecule has 2 N–H and O–H groups in total. The summed E-state index contributed by atoms with van der Waals surface area (Å²) in [6, 6.07) is 17.2. The maximum absolute atomic E-state index is 12.6. The lowest BCUT2D eigenvalue weighted by molar-refractivity contribution is -0.120. The third-order valence-corrected chi connectivity index (χ3v) is 5.09. The number of aromatic nitrogens is 6. The van der Waals surface area contributed by atoms with Gasteiger partial charge in [0.25, 0.3) is 0 Å². The minimum absolute atomic E-state index is 0.0581. The van der Waals surface area contributed by atoms with Gasteiger partial charge >= 0.3 is 0 Å². The number of anilines is 2. The predicted molar refractivity (Wildman–Crippen MR) is 124 cm³/mol. The van der Waals surface area contributed by atoms with Crippen molar-refractivity contribution in [1.82, 2.24) is 35.0 Å². The lowest BCUT2D eigenvalue weighted by atomic mass is 10.1. The molecule has 0 spiro atoms. The lowest BCUT2D eigenvalue weighted by Gasteiger charge is -2.06. The van der Waals surface area contributed by atoms with Crippen LogP contribution in [0.2, 0.25) is 0 Å². The van der Waals surface area contributed by atoms with Gasteiger partial charge in [-0.3, -0.25) is 14.3 Å². The summed E-state index contributed by atoms with van der Waals surface area (Å²) in [4.78, 5) is 24.7. The van der Waals surface area contributed by atoms with Crippen LogP contribution in [-0.4, -0.2) is 35.6 Å². The van der Waals surface area contributed by atoms with Gasteiger partial charge in [-0.05, 0) is 41.5 Å². The Hall–Kier alpha value is -4.66. The standard InChI is InChI=1S/C24H20N8O/c33-24(27-14-17-4-3-10-25-13-17)12-18-15-32(20-6-2-1-5-19(18)20)23-8-7-22(30-31-23)29-21-9-11-26-16-28-21/h1-11,13,15-16H,12,14H2,(H,27,33)(H,26,28,29,30). The Kier molecular flexibility index (Phi) is 5.66. The fourth-order valence-corrected chi connectivity index (χ4v) is 3.54. The van der Waals surface area contributed by atoms with E-state index in [1.165, 1.54) is 6.33 Å². The number of amides is 1. The second kappa shape index (κ2) is 9.23. The molecule has 0 aliphatic rings. The summed E-state index contributed by atoms with van der Waals surface area (Å²) in [7, 11) is 0. The molecule has 0 fully saturated rings. The molecule has 9 nitrogen and oxygen atoms in total. The Morgan fingerprint density at radius 2 is 1.85 bits per heavy atom. The lowest BCUT2D eigenvalue weighted by Crippen LogP contribution is -2.24. The summed E-state index contributed by atoms with van der Waals surface area (Å²) >= 11 is 0. The van der Waals surface area contributed by atoms with Gasteiger partial charge in [0.15, 0.2) is 11.6 Å². The van der Waals surface area contributed by atoms with E-state index >= 15 is 0 Å². The van der Waals surface area contributed by atoms with Crippen LogP contribution in [0, 0.1) is 0 Å². The van der Waals surface area contributed by atoms with Crippen molar-refractivity contribution >= 4 is 28.4 Å². The van der Waals surface area contributed by atoms with Crippen molar-refractivity contribution < 1.29 is 4.79 Å². The van der Waals surface area contributed by atoms with Crippen LogP contribution in [-0.2, 0) is 17.8 Å². The smallest absolute Gasteiger partial charge is 0.224 e.